The molecular weight excluding hydrogens is 300 g/mol. The van der Waals surface area contributed by atoms with Crippen LogP contribution < -0.4 is 10.6 Å². The molecule has 0 saturated heterocycles. The third-order valence-corrected chi connectivity index (χ3v) is 2.78. The predicted molar refractivity (Wildman–Crippen MR) is 72.9 cm³/mol. The second kappa shape index (κ2) is 6.80. The van der Waals surface area contributed by atoms with Crippen molar-refractivity contribution in [2.45, 2.75) is 6.42 Å². The fraction of sp³-hybridized carbons (Fsp3) is 0.167. The molecule has 0 unspecified atom stereocenters. The van der Waals surface area contributed by atoms with Gasteiger partial charge < -0.3 is 15.7 Å². The van der Waals surface area contributed by atoms with Gasteiger partial charge in [-0.3, -0.25) is 0 Å². The standard InChI is InChI=1S/C12H13BrN2O3/c1-2-3-6-14-12(18)15-8-4-5-10(13)9(7-8)11(16)17/h2,4-5,7H,1,3,6H2,(H,16,17)(H2,14,15,18). The second-order valence-corrected chi connectivity index (χ2v) is 4.31. The van der Waals surface area contributed by atoms with Crippen molar-refractivity contribution in [2.24, 2.45) is 0 Å². The van der Waals surface area contributed by atoms with Crippen LogP contribution >= 0.6 is 15.9 Å². The van der Waals surface area contributed by atoms with Gasteiger partial charge in [0.1, 0.15) is 0 Å². The van der Waals surface area contributed by atoms with Crippen LogP contribution in [0, 0.1) is 0 Å². The Balaban J connectivity index is 2.67. The molecule has 2 amide bonds. The van der Waals surface area contributed by atoms with Crippen molar-refractivity contribution in [3.8, 4) is 0 Å². The average molecular weight is 313 g/mol. The molecule has 5 nitrogen and oxygen atoms in total. The summed E-state index contributed by atoms with van der Waals surface area (Å²) >= 11 is 3.13. The summed E-state index contributed by atoms with van der Waals surface area (Å²) in [5, 5.41) is 14.1. The maximum atomic E-state index is 11.4. The number of urea groups is 1. The zero-order chi connectivity index (χ0) is 13.5. The maximum absolute atomic E-state index is 11.4. The highest BCUT2D eigenvalue weighted by molar-refractivity contribution is 9.10. The lowest BCUT2D eigenvalue weighted by Gasteiger charge is -2.08. The van der Waals surface area contributed by atoms with Crippen molar-refractivity contribution >= 4 is 33.6 Å². The Morgan fingerprint density at radius 3 is 2.78 bits per heavy atom. The first-order chi connectivity index (χ1) is 8.54. The van der Waals surface area contributed by atoms with Gasteiger partial charge in [0, 0.05) is 16.7 Å². The number of nitrogens with one attached hydrogen (secondary N) is 2. The number of hydrogen-bond acceptors (Lipinski definition) is 2. The van der Waals surface area contributed by atoms with Gasteiger partial charge in [0.2, 0.25) is 0 Å². The summed E-state index contributed by atoms with van der Waals surface area (Å²) in [5.41, 5.74) is 0.519. The number of anilines is 1. The van der Waals surface area contributed by atoms with Crippen LogP contribution in [0.5, 0.6) is 0 Å². The fourth-order valence-electron chi connectivity index (χ4n) is 1.23. The van der Waals surface area contributed by atoms with Crippen LogP contribution in [-0.2, 0) is 0 Å². The molecule has 3 N–H and O–H groups in total. The lowest BCUT2D eigenvalue weighted by molar-refractivity contribution is 0.0696. The summed E-state index contributed by atoms with van der Waals surface area (Å²) < 4.78 is 0.465. The molecule has 18 heavy (non-hydrogen) atoms. The minimum Gasteiger partial charge on any atom is -0.478 e. The molecule has 0 spiro atoms. The van der Waals surface area contributed by atoms with Gasteiger partial charge in [-0.05, 0) is 40.5 Å². The van der Waals surface area contributed by atoms with E-state index in [4.69, 9.17) is 5.11 Å². The zero-order valence-electron chi connectivity index (χ0n) is 9.57. The highest BCUT2D eigenvalue weighted by Crippen LogP contribution is 2.21. The van der Waals surface area contributed by atoms with Crippen molar-refractivity contribution in [2.75, 3.05) is 11.9 Å². The van der Waals surface area contributed by atoms with E-state index >= 15 is 0 Å². The van der Waals surface area contributed by atoms with Crippen LogP contribution in [-0.4, -0.2) is 23.7 Å². The Morgan fingerprint density at radius 1 is 1.44 bits per heavy atom. The molecule has 0 aliphatic carbocycles. The zero-order valence-corrected chi connectivity index (χ0v) is 11.2. The number of rotatable bonds is 5. The van der Waals surface area contributed by atoms with E-state index in [0.717, 1.165) is 0 Å². The number of amides is 2. The number of carbonyl (C=O) groups excluding carboxylic acids is 1. The van der Waals surface area contributed by atoms with Crippen LogP contribution in [0.2, 0.25) is 0 Å². The minimum absolute atomic E-state index is 0.0962. The van der Waals surface area contributed by atoms with Gasteiger partial charge in [0.25, 0.3) is 0 Å². The minimum atomic E-state index is -1.06. The first kappa shape index (κ1) is 14.2. The molecule has 0 aromatic heterocycles. The first-order valence-electron chi connectivity index (χ1n) is 5.23. The summed E-state index contributed by atoms with van der Waals surface area (Å²) in [7, 11) is 0. The summed E-state index contributed by atoms with van der Waals surface area (Å²) in [6.45, 7) is 4.02. The smallest absolute Gasteiger partial charge is 0.336 e. The van der Waals surface area contributed by atoms with E-state index in [9.17, 15) is 9.59 Å². The molecule has 0 fully saturated rings. The van der Waals surface area contributed by atoms with E-state index in [2.05, 4.69) is 33.1 Å². The molecule has 0 radical (unpaired) electrons. The fourth-order valence-corrected chi connectivity index (χ4v) is 1.65. The number of carbonyl (C=O) groups is 2. The van der Waals surface area contributed by atoms with Gasteiger partial charge in [-0.15, -0.1) is 6.58 Å². The largest absolute Gasteiger partial charge is 0.478 e. The molecule has 0 aliphatic rings. The Hall–Kier alpha value is -1.82. The Labute approximate surface area is 113 Å². The summed E-state index contributed by atoms with van der Waals surface area (Å²) in [6.07, 6.45) is 2.37. The van der Waals surface area contributed by atoms with E-state index in [1.807, 2.05) is 0 Å². The first-order valence-corrected chi connectivity index (χ1v) is 6.02. The topological polar surface area (TPSA) is 78.4 Å². The number of carboxylic acids is 1. The average Bonchev–Trinajstić information content (AvgIpc) is 2.31. The Bertz CT molecular complexity index is 474. The van der Waals surface area contributed by atoms with Crippen LogP contribution in [0.4, 0.5) is 10.5 Å². The molecule has 0 bridgehead atoms. The van der Waals surface area contributed by atoms with Gasteiger partial charge in [-0.1, -0.05) is 6.08 Å². The molecule has 0 heterocycles. The lowest BCUT2D eigenvalue weighted by atomic mass is 10.2. The third kappa shape index (κ3) is 4.21. The summed E-state index contributed by atoms with van der Waals surface area (Å²) in [6, 6.07) is 4.20. The van der Waals surface area contributed by atoms with Crippen LogP contribution in [0.15, 0.2) is 35.3 Å². The third-order valence-electron chi connectivity index (χ3n) is 2.09. The number of carboxylic acid groups (broad SMARTS) is 1. The van der Waals surface area contributed by atoms with Gasteiger partial charge in [0.05, 0.1) is 5.56 Å². The molecule has 1 rings (SSSR count). The molecule has 96 valence electrons. The molecule has 6 heteroatoms. The second-order valence-electron chi connectivity index (χ2n) is 3.46. The monoisotopic (exact) mass is 312 g/mol. The van der Waals surface area contributed by atoms with Gasteiger partial charge in [-0.2, -0.15) is 0 Å². The lowest BCUT2D eigenvalue weighted by Crippen LogP contribution is -2.29. The van der Waals surface area contributed by atoms with Crippen molar-refractivity contribution in [3.63, 3.8) is 0 Å². The van der Waals surface area contributed by atoms with E-state index in [-0.39, 0.29) is 11.6 Å². The van der Waals surface area contributed by atoms with Crippen molar-refractivity contribution < 1.29 is 14.7 Å². The molecular formula is C12H13BrN2O3. The number of aromatic carboxylic acids is 1. The van der Waals surface area contributed by atoms with E-state index in [0.29, 0.717) is 23.1 Å². The molecule has 0 atom stereocenters. The van der Waals surface area contributed by atoms with Crippen LogP contribution in [0.25, 0.3) is 0 Å². The molecule has 0 saturated carbocycles. The van der Waals surface area contributed by atoms with Crippen molar-refractivity contribution in [1.29, 1.82) is 0 Å². The van der Waals surface area contributed by atoms with Crippen LogP contribution in [0.1, 0.15) is 16.8 Å². The van der Waals surface area contributed by atoms with E-state index in [1.54, 1.807) is 18.2 Å². The maximum Gasteiger partial charge on any atom is 0.336 e. The summed E-state index contributed by atoms with van der Waals surface area (Å²) in [4.78, 5) is 22.3. The van der Waals surface area contributed by atoms with Crippen molar-refractivity contribution in [1.82, 2.24) is 5.32 Å². The van der Waals surface area contributed by atoms with Crippen molar-refractivity contribution in [3.05, 3.63) is 40.9 Å². The predicted octanol–water partition coefficient (Wildman–Crippen LogP) is 2.84. The highest BCUT2D eigenvalue weighted by Gasteiger charge is 2.10. The Kier molecular flexibility index (Phi) is 5.38. The van der Waals surface area contributed by atoms with E-state index < -0.39 is 5.97 Å². The highest BCUT2D eigenvalue weighted by atomic mass is 79.9. The quantitative estimate of drug-likeness (QED) is 0.578. The van der Waals surface area contributed by atoms with Crippen LogP contribution in [0.3, 0.4) is 0 Å². The van der Waals surface area contributed by atoms with Gasteiger partial charge >= 0.3 is 12.0 Å². The normalized spacial score (nSPS) is 9.61. The van der Waals surface area contributed by atoms with Gasteiger partial charge in [0.15, 0.2) is 0 Å². The number of halogens is 1. The van der Waals surface area contributed by atoms with Gasteiger partial charge in [-0.25, -0.2) is 9.59 Å². The van der Waals surface area contributed by atoms with E-state index in [1.165, 1.54) is 6.07 Å². The molecule has 1 aromatic rings. The SMILES string of the molecule is C=CCCNC(=O)Nc1ccc(Br)c(C(=O)O)c1. The number of hydrogen-bond donors (Lipinski definition) is 3. The molecule has 1 aromatic carbocycles. The molecule has 0 aliphatic heterocycles. The Morgan fingerprint density at radius 2 is 2.17 bits per heavy atom. The number of benzene rings is 1. The summed E-state index contributed by atoms with van der Waals surface area (Å²) in [5.74, 6) is -1.06.